The number of hydrogen-bond donors (Lipinski definition) is 1. The van der Waals surface area contributed by atoms with Crippen LogP contribution < -0.4 is 19.7 Å². The first-order chi connectivity index (χ1) is 18.2. The van der Waals surface area contributed by atoms with Gasteiger partial charge in [-0.05, 0) is 44.0 Å². The summed E-state index contributed by atoms with van der Waals surface area (Å²) in [6.45, 7) is 4.13. The monoisotopic (exact) mass is 502 g/mol. The predicted molar refractivity (Wildman–Crippen MR) is 145 cm³/mol. The first-order valence-electron chi connectivity index (χ1n) is 12.7. The van der Waals surface area contributed by atoms with Gasteiger partial charge in [-0.3, -0.25) is 9.67 Å². The Bertz CT molecular complexity index is 1310. The number of anilines is 2. The van der Waals surface area contributed by atoms with Gasteiger partial charge < -0.3 is 24.4 Å². The standard InChI is InChI=1S/C28H34N6O3/c1-29-8-9-34(23-12-24(35-2)15-25(13-23)36-3)22-4-5-26-27(14-22)32-28(17-30-26)21-16-31-33(19-21)18-20-6-10-37-11-7-20/h4-5,12-17,19-20,29H,6-11,18H2,1-3H3. The number of hydrogen-bond acceptors (Lipinski definition) is 8. The smallest absolute Gasteiger partial charge is 0.124 e. The lowest BCUT2D eigenvalue weighted by Crippen LogP contribution is -2.26. The van der Waals surface area contributed by atoms with Crippen LogP contribution in [0.4, 0.5) is 11.4 Å². The molecule has 0 saturated carbocycles. The summed E-state index contributed by atoms with van der Waals surface area (Å²) in [5, 5.41) is 7.83. The van der Waals surface area contributed by atoms with E-state index in [-0.39, 0.29) is 0 Å². The summed E-state index contributed by atoms with van der Waals surface area (Å²) in [5.74, 6) is 2.08. The van der Waals surface area contributed by atoms with Crippen molar-refractivity contribution in [3.8, 4) is 22.8 Å². The third kappa shape index (κ3) is 5.84. The van der Waals surface area contributed by atoms with Gasteiger partial charge in [-0.25, -0.2) is 4.98 Å². The zero-order valence-corrected chi connectivity index (χ0v) is 21.7. The van der Waals surface area contributed by atoms with Crippen LogP contribution in [0.2, 0.25) is 0 Å². The van der Waals surface area contributed by atoms with E-state index >= 15 is 0 Å². The molecule has 0 aliphatic carbocycles. The molecule has 2 aromatic heterocycles. The van der Waals surface area contributed by atoms with Crippen LogP contribution in [0.1, 0.15) is 12.8 Å². The van der Waals surface area contributed by atoms with Crippen LogP contribution in [-0.2, 0) is 11.3 Å². The summed E-state index contributed by atoms with van der Waals surface area (Å²) in [4.78, 5) is 11.9. The number of methoxy groups -OCH3 is 2. The van der Waals surface area contributed by atoms with Crippen molar-refractivity contribution < 1.29 is 14.2 Å². The number of nitrogens with zero attached hydrogens (tertiary/aromatic N) is 5. The third-order valence-corrected chi connectivity index (χ3v) is 6.79. The van der Waals surface area contributed by atoms with Gasteiger partial charge >= 0.3 is 0 Å². The highest BCUT2D eigenvalue weighted by atomic mass is 16.5. The number of nitrogens with one attached hydrogen (secondary N) is 1. The van der Waals surface area contributed by atoms with E-state index in [1.54, 1.807) is 14.2 Å². The molecular weight excluding hydrogens is 468 g/mol. The van der Waals surface area contributed by atoms with Crippen molar-refractivity contribution >= 4 is 22.4 Å². The highest BCUT2D eigenvalue weighted by Gasteiger charge is 2.16. The first kappa shape index (κ1) is 25.0. The zero-order valence-electron chi connectivity index (χ0n) is 21.7. The quantitative estimate of drug-likeness (QED) is 0.344. The number of rotatable bonds is 10. The van der Waals surface area contributed by atoms with E-state index in [0.29, 0.717) is 5.92 Å². The van der Waals surface area contributed by atoms with Crippen LogP contribution in [0, 0.1) is 5.92 Å². The molecule has 4 aromatic rings. The molecule has 5 rings (SSSR count). The molecule has 1 aliphatic rings. The molecule has 0 unspecified atom stereocenters. The highest BCUT2D eigenvalue weighted by molar-refractivity contribution is 5.82. The topological polar surface area (TPSA) is 86.6 Å². The Kier molecular flexibility index (Phi) is 7.82. The van der Waals surface area contributed by atoms with Crippen molar-refractivity contribution in [1.29, 1.82) is 0 Å². The molecule has 3 heterocycles. The highest BCUT2D eigenvalue weighted by Crippen LogP contribution is 2.34. The molecule has 0 amide bonds. The van der Waals surface area contributed by atoms with Crippen LogP contribution in [0.25, 0.3) is 22.3 Å². The molecule has 1 aliphatic heterocycles. The van der Waals surface area contributed by atoms with Crippen LogP contribution in [0.5, 0.6) is 11.5 Å². The number of aromatic nitrogens is 4. The second-order valence-corrected chi connectivity index (χ2v) is 9.26. The van der Waals surface area contributed by atoms with Gasteiger partial charge in [0.1, 0.15) is 11.5 Å². The van der Waals surface area contributed by atoms with Gasteiger partial charge in [0.15, 0.2) is 0 Å². The molecule has 2 aromatic carbocycles. The summed E-state index contributed by atoms with van der Waals surface area (Å²) in [6.07, 6.45) is 7.93. The van der Waals surface area contributed by atoms with E-state index in [2.05, 4.69) is 38.6 Å². The maximum atomic E-state index is 5.51. The molecule has 1 N–H and O–H groups in total. The van der Waals surface area contributed by atoms with Crippen LogP contribution in [0.3, 0.4) is 0 Å². The Morgan fingerprint density at radius 1 is 1.00 bits per heavy atom. The molecular formula is C28H34N6O3. The van der Waals surface area contributed by atoms with Crippen molar-refractivity contribution in [2.24, 2.45) is 5.92 Å². The number of benzene rings is 2. The normalized spacial score (nSPS) is 14.1. The fourth-order valence-electron chi connectivity index (χ4n) is 4.68. The maximum absolute atomic E-state index is 5.51. The van der Waals surface area contributed by atoms with E-state index in [0.717, 1.165) is 90.9 Å². The van der Waals surface area contributed by atoms with Crippen molar-refractivity contribution in [2.45, 2.75) is 19.4 Å². The minimum Gasteiger partial charge on any atom is -0.497 e. The molecule has 1 fully saturated rings. The van der Waals surface area contributed by atoms with Gasteiger partial charge in [-0.1, -0.05) is 0 Å². The van der Waals surface area contributed by atoms with Crippen molar-refractivity contribution in [3.63, 3.8) is 0 Å². The minimum atomic E-state index is 0.602. The average molecular weight is 503 g/mol. The van der Waals surface area contributed by atoms with Gasteiger partial charge in [-0.2, -0.15) is 5.10 Å². The van der Waals surface area contributed by atoms with E-state index in [4.69, 9.17) is 19.2 Å². The lowest BCUT2D eigenvalue weighted by Gasteiger charge is -2.26. The van der Waals surface area contributed by atoms with Gasteiger partial charge in [0.2, 0.25) is 0 Å². The third-order valence-electron chi connectivity index (χ3n) is 6.79. The lowest BCUT2D eigenvalue weighted by atomic mass is 10.0. The van der Waals surface area contributed by atoms with Gasteiger partial charge in [-0.15, -0.1) is 0 Å². The first-order valence-corrected chi connectivity index (χ1v) is 12.7. The van der Waals surface area contributed by atoms with Gasteiger partial charge in [0.25, 0.3) is 0 Å². The molecule has 37 heavy (non-hydrogen) atoms. The fraction of sp³-hybridized carbons (Fsp3) is 0.393. The Hall–Kier alpha value is -3.69. The Morgan fingerprint density at radius 2 is 1.78 bits per heavy atom. The molecule has 0 spiro atoms. The minimum absolute atomic E-state index is 0.602. The van der Waals surface area contributed by atoms with E-state index < -0.39 is 0 Å². The summed E-state index contributed by atoms with van der Waals surface area (Å²) in [7, 11) is 5.27. The number of likely N-dealkylation sites (N-methyl/N-ethyl adjacent to an activating group) is 1. The van der Waals surface area contributed by atoms with Gasteiger partial charge in [0.05, 0.1) is 43.3 Å². The Balaban J connectivity index is 1.45. The summed E-state index contributed by atoms with van der Waals surface area (Å²) >= 11 is 0. The van der Waals surface area contributed by atoms with Crippen LogP contribution in [0.15, 0.2) is 55.0 Å². The van der Waals surface area contributed by atoms with Crippen molar-refractivity contribution in [1.82, 2.24) is 25.1 Å². The second kappa shape index (κ2) is 11.6. The molecule has 0 radical (unpaired) electrons. The SMILES string of the molecule is CNCCN(c1cc(OC)cc(OC)c1)c1ccc2ncc(-c3cnn(CC4CCOCC4)c3)nc2c1. The molecule has 9 nitrogen and oxygen atoms in total. The second-order valence-electron chi connectivity index (χ2n) is 9.26. The fourth-order valence-corrected chi connectivity index (χ4v) is 4.68. The van der Waals surface area contributed by atoms with Crippen LogP contribution >= 0.6 is 0 Å². The Morgan fingerprint density at radius 3 is 2.51 bits per heavy atom. The van der Waals surface area contributed by atoms with Crippen LogP contribution in [-0.4, -0.2) is 67.3 Å². The maximum Gasteiger partial charge on any atom is 0.124 e. The Labute approximate surface area is 217 Å². The van der Waals surface area contributed by atoms with Gasteiger partial charge in [0, 0.05) is 74.2 Å². The summed E-state index contributed by atoms with van der Waals surface area (Å²) in [5.41, 5.74) is 5.45. The van der Waals surface area contributed by atoms with E-state index in [9.17, 15) is 0 Å². The average Bonchev–Trinajstić information content (AvgIpc) is 3.41. The molecule has 0 bridgehead atoms. The van der Waals surface area contributed by atoms with E-state index in [1.807, 2.05) is 48.4 Å². The van der Waals surface area contributed by atoms with Crippen molar-refractivity contribution in [3.05, 3.63) is 55.0 Å². The molecule has 0 atom stereocenters. The largest absolute Gasteiger partial charge is 0.497 e. The van der Waals surface area contributed by atoms with Crippen molar-refractivity contribution in [2.75, 3.05) is 52.5 Å². The molecule has 194 valence electrons. The summed E-state index contributed by atoms with van der Waals surface area (Å²) in [6, 6.07) is 12.1. The number of fused-ring (bicyclic) bond motifs is 1. The molecule has 1 saturated heterocycles. The van der Waals surface area contributed by atoms with E-state index in [1.165, 1.54) is 0 Å². The number of ether oxygens (including phenoxy) is 3. The summed E-state index contributed by atoms with van der Waals surface area (Å²) < 4.78 is 18.5. The lowest BCUT2D eigenvalue weighted by molar-refractivity contribution is 0.0601. The molecule has 9 heteroatoms. The predicted octanol–water partition coefficient (Wildman–Crippen LogP) is 4.29. The zero-order chi connectivity index (χ0) is 25.6.